The van der Waals surface area contributed by atoms with E-state index in [1.54, 1.807) is 42.3 Å². The van der Waals surface area contributed by atoms with E-state index in [9.17, 15) is 23.4 Å². The van der Waals surface area contributed by atoms with Crippen molar-refractivity contribution in [3.05, 3.63) is 142 Å². The van der Waals surface area contributed by atoms with E-state index in [4.69, 9.17) is 9.26 Å². The predicted molar refractivity (Wildman–Crippen MR) is 180 cm³/mol. The molecule has 0 bridgehead atoms. The highest BCUT2D eigenvalue weighted by atomic mass is 31.2. The van der Waals surface area contributed by atoms with Crippen molar-refractivity contribution in [3.8, 4) is 5.75 Å². The number of hydrogen-bond acceptors (Lipinski definition) is 6. The maximum absolute atomic E-state index is 14.3. The first-order chi connectivity index (χ1) is 23.1. The Bertz CT molecular complexity index is 1950. The second-order valence-electron chi connectivity index (χ2n) is 11.7. The molecule has 246 valence electrons. The molecule has 48 heavy (non-hydrogen) atoms. The van der Waals surface area contributed by atoms with Crippen molar-refractivity contribution in [1.29, 1.82) is 0 Å². The number of fused-ring (bicyclic) bond motifs is 2. The molecule has 2 atom stereocenters. The van der Waals surface area contributed by atoms with Crippen LogP contribution in [0.4, 0.5) is 4.39 Å². The van der Waals surface area contributed by atoms with Crippen LogP contribution in [0.3, 0.4) is 0 Å². The van der Waals surface area contributed by atoms with Crippen molar-refractivity contribution in [2.45, 2.75) is 45.6 Å². The molecule has 1 aliphatic heterocycles. The topological polar surface area (TPSA) is 118 Å². The van der Waals surface area contributed by atoms with Gasteiger partial charge in [0, 0.05) is 30.2 Å². The third kappa shape index (κ3) is 7.01. The molecule has 5 aromatic rings. The second-order valence-corrected chi connectivity index (χ2v) is 13.5. The highest BCUT2D eigenvalue weighted by Gasteiger charge is 2.38. The van der Waals surface area contributed by atoms with Gasteiger partial charge in [0.15, 0.2) is 5.75 Å². The van der Waals surface area contributed by atoms with Crippen LogP contribution in [-0.4, -0.2) is 39.0 Å². The third-order valence-electron chi connectivity index (χ3n) is 8.29. The van der Waals surface area contributed by atoms with Crippen LogP contribution in [0.15, 0.2) is 103 Å². The molecule has 0 saturated heterocycles. The van der Waals surface area contributed by atoms with E-state index in [-0.39, 0.29) is 30.0 Å². The molecule has 0 saturated carbocycles. The molecule has 11 heteroatoms. The van der Waals surface area contributed by atoms with Gasteiger partial charge in [0.2, 0.25) is 0 Å². The largest absolute Gasteiger partial charge is 0.478 e. The first kappa shape index (κ1) is 33.0. The summed E-state index contributed by atoms with van der Waals surface area (Å²) in [7, 11) is -4.17. The van der Waals surface area contributed by atoms with Crippen LogP contribution in [0, 0.1) is 5.82 Å². The van der Waals surface area contributed by atoms with Crippen molar-refractivity contribution < 1.29 is 32.7 Å². The first-order valence-electron chi connectivity index (χ1n) is 15.7. The summed E-state index contributed by atoms with van der Waals surface area (Å²) in [6.07, 6.45) is 0.341. The molecule has 0 aliphatic carbocycles. The molecular formula is C37H35FN3O6P. The number of amides is 2. The minimum Gasteiger partial charge on any atom is -0.478 e. The van der Waals surface area contributed by atoms with E-state index in [0.29, 0.717) is 28.5 Å². The molecule has 9 nitrogen and oxygen atoms in total. The maximum Gasteiger partial charge on any atom is 0.347 e. The van der Waals surface area contributed by atoms with E-state index < -0.39 is 43.7 Å². The summed E-state index contributed by atoms with van der Waals surface area (Å²) >= 11 is 0. The summed E-state index contributed by atoms with van der Waals surface area (Å²) in [4.78, 5) is 44.9. The van der Waals surface area contributed by atoms with Gasteiger partial charge in [-0.1, -0.05) is 85.8 Å². The Morgan fingerprint density at radius 3 is 2.27 bits per heavy atom. The molecule has 4 aromatic carbocycles. The van der Waals surface area contributed by atoms with Gasteiger partial charge in [-0.2, -0.15) is 0 Å². The van der Waals surface area contributed by atoms with Gasteiger partial charge in [0.05, 0.1) is 17.2 Å². The number of ether oxygens (including phenoxy) is 1. The van der Waals surface area contributed by atoms with E-state index in [1.807, 2.05) is 67.6 Å². The first-order valence-corrected chi connectivity index (χ1v) is 17.4. The molecular weight excluding hydrogens is 632 g/mol. The molecule has 0 fully saturated rings. The van der Waals surface area contributed by atoms with Crippen LogP contribution >= 0.6 is 7.60 Å². The minimum atomic E-state index is -4.17. The average Bonchev–Trinajstić information content (AvgIpc) is 3.41. The number of nitrogens with zero attached hydrogens (tertiary/aromatic N) is 2. The fourth-order valence-corrected chi connectivity index (χ4v) is 6.93. The molecule has 2 amide bonds. The number of halogens is 1. The van der Waals surface area contributed by atoms with Crippen molar-refractivity contribution in [1.82, 2.24) is 15.2 Å². The molecule has 2 N–H and O–H groups in total. The summed E-state index contributed by atoms with van der Waals surface area (Å²) in [6.45, 7) is 3.68. The summed E-state index contributed by atoms with van der Waals surface area (Å²) in [6, 6.07) is 28.4. The van der Waals surface area contributed by atoms with Gasteiger partial charge in [0.1, 0.15) is 23.7 Å². The zero-order valence-electron chi connectivity index (χ0n) is 26.5. The van der Waals surface area contributed by atoms with E-state index >= 15 is 0 Å². The third-order valence-corrected chi connectivity index (χ3v) is 9.53. The number of hydrogen-bond donors (Lipinski definition) is 2. The lowest BCUT2D eigenvalue weighted by molar-refractivity contribution is 0.0761. The summed E-state index contributed by atoms with van der Waals surface area (Å²) in [5.74, 6) is -1.22. The number of carbonyl (C=O) groups is 2. The molecule has 2 unspecified atom stereocenters. The zero-order valence-corrected chi connectivity index (χ0v) is 27.4. The van der Waals surface area contributed by atoms with Gasteiger partial charge in [-0.05, 0) is 48.2 Å². The van der Waals surface area contributed by atoms with Gasteiger partial charge in [-0.3, -0.25) is 19.1 Å². The number of nitrogens with one attached hydrogen (secondary N) is 1. The molecule has 1 aliphatic rings. The fraction of sp³-hybridized carbons (Fsp3) is 0.216. The SMILES string of the molecule is CCC(C)OP(=O)(O)CNC(=O)c1c2c(c(OC(c3ccccc3)c3ccccc3)c3ncccc13)C(=O)N(Cc1ccc(F)cc1)C2. The Labute approximate surface area is 277 Å². The standard InChI is InChI=1S/C37H35FN3O6P/c1-3-24(2)47-48(44,45)23-40-36(42)31-29-15-10-20-39-33(29)35(46-34(26-11-6-4-7-12-26)27-13-8-5-9-14-27)32-30(31)22-41(37(32)43)21-25-16-18-28(38)19-17-25/h4-20,24,34H,3,21-23H2,1-2H3,(H,40,42)(H,44,45). The minimum absolute atomic E-state index is 0.0387. The van der Waals surface area contributed by atoms with Gasteiger partial charge >= 0.3 is 7.60 Å². The molecule has 1 aromatic heterocycles. The summed E-state index contributed by atoms with van der Waals surface area (Å²) in [5, 5.41) is 2.98. The van der Waals surface area contributed by atoms with Crippen LogP contribution in [0.5, 0.6) is 5.75 Å². The molecule has 2 heterocycles. The molecule has 0 spiro atoms. The predicted octanol–water partition coefficient (Wildman–Crippen LogP) is 7.39. The van der Waals surface area contributed by atoms with Crippen LogP contribution < -0.4 is 10.1 Å². The normalized spacial score (nSPS) is 14.5. The zero-order chi connectivity index (χ0) is 33.8. The van der Waals surface area contributed by atoms with Gasteiger partial charge in [-0.25, -0.2) is 4.39 Å². The Morgan fingerprint density at radius 2 is 1.65 bits per heavy atom. The second kappa shape index (κ2) is 14.1. The van der Waals surface area contributed by atoms with Gasteiger partial charge in [0.25, 0.3) is 11.8 Å². The quantitative estimate of drug-likeness (QED) is 0.133. The summed E-state index contributed by atoms with van der Waals surface area (Å²) < 4.78 is 38.6. The lowest BCUT2D eigenvalue weighted by atomic mass is 9.95. The summed E-state index contributed by atoms with van der Waals surface area (Å²) in [5.41, 5.74) is 3.39. The number of aromatic nitrogens is 1. The van der Waals surface area contributed by atoms with Crippen molar-refractivity contribution in [2.75, 3.05) is 6.29 Å². The van der Waals surface area contributed by atoms with Crippen molar-refractivity contribution in [2.24, 2.45) is 0 Å². The van der Waals surface area contributed by atoms with Crippen LogP contribution in [-0.2, 0) is 22.2 Å². The smallest absolute Gasteiger partial charge is 0.347 e. The van der Waals surface area contributed by atoms with E-state index in [1.165, 1.54) is 12.1 Å². The lowest BCUT2D eigenvalue weighted by Crippen LogP contribution is -2.27. The average molecular weight is 668 g/mol. The van der Waals surface area contributed by atoms with Gasteiger partial charge in [-0.15, -0.1) is 0 Å². The number of rotatable bonds is 12. The number of carbonyl (C=O) groups excluding carboxylic acids is 2. The Kier molecular flexibility index (Phi) is 9.68. The van der Waals surface area contributed by atoms with Gasteiger partial charge < -0.3 is 24.4 Å². The van der Waals surface area contributed by atoms with Crippen LogP contribution in [0.25, 0.3) is 10.9 Å². The highest BCUT2D eigenvalue weighted by molar-refractivity contribution is 7.52. The molecule has 6 rings (SSSR count). The van der Waals surface area contributed by atoms with E-state index in [2.05, 4.69) is 10.3 Å². The highest BCUT2D eigenvalue weighted by Crippen LogP contribution is 2.45. The van der Waals surface area contributed by atoms with Crippen LogP contribution in [0.1, 0.15) is 69.3 Å². The monoisotopic (exact) mass is 667 g/mol. The number of pyridine rings is 1. The van der Waals surface area contributed by atoms with Crippen molar-refractivity contribution in [3.63, 3.8) is 0 Å². The Hall–Kier alpha value is -4.89. The van der Waals surface area contributed by atoms with Crippen LogP contribution in [0.2, 0.25) is 0 Å². The van der Waals surface area contributed by atoms with Crippen molar-refractivity contribution >= 4 is 30.3 Å². The molecule has 0 radical (unpaired) electrons. The number of benzene rings is 4. The Balaban J connectivity index is 1.48. The Morgan fingerprint density at radius 1 is 1.00 bits per heavy atom. The maximum atomic E-state index is 14.3. The van der Waals surface area contributed by atoms with E-state index in [0.717, 1.165) is 11.1 Å². The lowest BCUT2D eigenvalue weighted by Gasteiger charge is -2.23. The fourth-order valence-electron chi connectivity index (χ4n) is 5.80.